The van der Waals surface area contributed by atoms with E-state index >= 15 is 0 Å². The maximum Gasteiger partial charge on any atom is 0.330 e. The maximum absolute atomic E-state index is 11.9. The van der Waals surface area contributed by atoms with Gasteiger partial charge in [0.15, 0.2) is 0 Å². The van der Waals surface area contributed by atoms with Crippen molar-refractivity contribution in [3.05, 3.63) is 0 Å². The lowest BCUT2D eigenvalue weighted by Gasteiger charge is -2.45. The van der Waals surface area contributed by atoms with Crippen LogP contribution in [0.4, 0.5) is 4.79 Å². The summed E-state index contributed by atoms with van der Waals surface area (Å²) in [4.78, 5) is 36.1. The second-order valence-corrected chi connectivity index (χ2v) is 5.15. The zero-order chi connectivity index (χ0) is 12.6. The Morgan fingerprint density at radius 2 is 2.00 bits per heavy atom. The van der Waals surface area contributed by atoms with Crippen molar-refractivity contribution < 1.29 is 14.4 Å². The number of nitrogens with one attached hydrogen (secondary N) is 1. The van der Waals surface area contributed by atoms with Crippen molar-refractivity contribution in [2.45, 2.75) is 39.5 Å². The summed E-state index contributed by atoms with van der Waals surface area (Å²) in [6.07, 6.45) is 4.24. The summed E-state index contributed by atoms with van der Waals surface area (Å²) in [6, 6.07) is -0.558. The third kappa shape index (κ3) is 1.94. The van der Waals surface area contributed by atoms with Gasteiger partial charge in [0, 0.05) is 6.54 Å². The SMILES string of the molecule is CCC1(CN2C(=O)NC(=O)C(C)C2=O)CCC1. The molecule has 2 rings (SSSR count). The Morgan fingerprint density at radius 1 is 1.35 bits per heavy atom. The van der Waals surface area contributed by atoms with Crippen molar-refractivity contribution in [1.82, 2.24) is 10.2 Å². The van der Waals surface area contributed by atoms with Crippen LogP contribution in [0.5, 0.6) is 0 Å². The zero-order valence-corrected chi connectivity index (χ0v) is 10.3. The Morgan fingerprint density at radius 3 is 2.47 bits per heavy atom. The first-order valence-electron chi connectivity index (χ1n) is 6.15. The standard InChI is InChI=1S/C12H18N2O3/c1-3-12(5-4-6-12)7-14-10(16)8(2)9(15)13-11(14)17/h8H,3-7H2,1-2H3,(H,13,15,17). The molecule has 1 aliphatic carbocycles. The van der Waals surface area contributed by atoms with Gasteiger partial charge in [0.25, 0.3) is 0 Å². The number of carbonyl (C=O) groups is 3. The Labute approximate surface area is 101 Å². The highest BCUT2D eigenvalue weighted by Crippen LogP contribution is 2.44. The van der Waals surface area contributed by atoms with Gasteiger partial charge in [-0.2, -0.15) is 0 Å². The van der Waals surface area contributed by atoms with Gasteiger partial charge >= 0.3 is 6.03 Å². The van der Waals surface area contributed by atoms with Crippen molar-refractivity contribution in [3.63, 3.8) is 0 Å². The van der Waals surface area contributed by atoms with Crippen molar-refractivity contribution in [3.8, 4) is 0 Å². The summed E-state index contributed by atoms with van der Waals surface area (Å²) in [7, 11) is 0. The third-order valence-corrected chi connectivity index (χ3v) is 4.16. The van der Waals surface area contributed by atoms with Gasteiger partial charge in [0.1, 0.15) is 5.92 Å². The quantitative estimate of drug-likeness (QED) is 0.753. The molecule has 1 saturated heterocycles. The van der Waals surface area contributed by atoms with Crippen LogP contribution >= 0.6 is 0 Å². The van der Waals surface area contributed by atoms with E-state index in [1.807, 2.05) is 0 Å². The molecule has 2 fully saturated rings. The molecule has 0 radical (unpaired) electrons. The molecule has 94 valence electrons. The fourth-order valence-electron chi connectivity index (χ4n) is 2.51. The Balaban J connectivity index is 2.12. The van der Waals surface area contributed by atoms with E-state index in [0.29, 0.717) is 6.54 Å². The van der Waals surface area contributed by atoms with Crippen LogP contribution in [0.15, 0.2) is 0 Å². The van der Waals surface area contributed by atoms with Crippen molar-refractivity contribution in [2.75, 3.05) is 6.54 Å². The highest BCUT2D eigenvalue weighted by Gasteiger charge is 2.44. The molecule has 17 heavy (non-hydrogen) atoms. The number of nitrogens with zero attached hydrogens (tertiary/aromatic N) is 1. The summed E-state index contributed by atoms with van der Waals surface area (Å²) in [5.41, 5.74) is 0.0904. The fraction of sp³-hybridized carbons (Fsp3) is 0.750. The number of barbiturate groups is 1. The summed E-state index contributed by atoms with van der Waals surface area (Å²) in [6.45, 7) is 4.07. The van der Waals surface area contributed by atoms with E-state index in [2.05, 4.69) is 12.2 Å². The van der Waals surface area contributed by atoms with Crippen LogP contribution in [-0.2, 0) is 9.59 Å². The summed E-state index contributed by atoms with van der Waals surface area (Å²) in [5.74, 6) is -1.60. The molecule has 2 aliphatic rings. The molecule has 0 aromatic carbocycles. The third-order valence-electron chi connectivity index (χ3n) is 4.16. The van der Waals surface area contributed by atoms with E-state index in [1.54, 1.807) is 0 Å². The van der Waals surface area contributed by atoms with E-state index < -0.39 is 17.9 Å². The summed E-state index contributed by atoms with van der Waals surface area (Å²) in [5, 5.41) is 2.23. The van der Waals surface area contributed by atoms with Crippen molar-refractivity contribution in [2.24, 2.45) is 11.3 Å². The van der Waals surface area contributed by atoms with Crippen LogP contribution in [0.2, 0.25) is 0 Å². The summed E-state index contributed by atoms with van der Waals surface area (Å²) >= 11 is 0. The van der Waals surface area contributed by atoms with Gasteiger partial charge in [0.2, 0.25) is 11.8 Å². The minimum absolute atomic E-state index is 0.0904. The van der Waals surface area contributed by atoms with Gasteiger partial charge in [-0.25, -0.2) is 4.79 Å². The van der Waals surface area contributed by atoms with Crippen molar-refractivity contribution >= 4 is 17.8 Å². The molecule has 0 aromatic rings. The molecule has 1 unspecified atom stereocenters. The zero-order valence-electron chi connectivity index (χ0n) is 10.3. The number of hydrogen-bond acceptors (Lipinski definition) is 3. The number of imide groups is 2. The molecule has 0 spiro atoms. The van der Waals surface area contributed by atoms with Crippen LogP contribution in [-0.4, -0.2) is 29.3 Å². The Kier molecular flexibility index (Phi) is 2.93. The minimum Gasteiger partial charge on any atom is -0.277 e. The first kappa shape index (κ1) is 12.1. The number of rotatable bonds is 3. The number of hydrogen-bond donors (Lipinski definition) is 1. The smallest absolute Gasteiger partial charge is 0.277 e. The molecule has 1 saturated carbocycles. The van der Waals surface area contributed by atoms with Crippen LogP contribution < -0.4 is 5.32 Å². The van der Waals surface area contributed by atoms with Gasteiger partial charge in [0.05, 0.1) is 0 Å². The first-order chi connectivity index (χ1) is 7.99. The predicted molar refractivity (Wildman–Crippen MR) is 61.0 cm³/mol. The average Bonchev–Trinajstić information content (AvgIpc) is 2.24. The molecule has 0 aromatic heterocycles. The molecule has 1 aliphatic heterocycles. The molecule has 1 N–H and O–H groups in total. The van der Waals surface area contributed by atoms with Gasteiger partial charge in [-0.3, -0.25) is 19.8 Å². The molecule has 5 nitrogen and oxygen atoms in total. The van der Waals surface area contributed by atoms with Gasteiger partial charge in [-0.15, -0.1) is 0 Å². The van der Waals surface area contributed by atoms with E-state index in [1.165, 1.54) is 11.8 Å². The fourth-order valence-corrected chi connectivity index (χ4v) is 2.51. The molecular weight excluding hydrogens is 220 g/mol. The number of urea groups is 1. The molecule has 1 atom stereocenters. The molecular formula is C12H18N2O3. The average molecular weight is 238 g/mol. The lowest BCUT2D eigenvalue weighted by Crippen LogP contribution is -2.60. The number of amides is 4. The van der Waals surface area contributed by atoms with Crippen molar-refractivity contribution in [1.29, 1.82) is 0 Å². The number of carbonyl (C=O) groups excluding carboxylic acids is 3. The lowest BCUT2D eigenvalue weighted by atomic mass is 9.66. The minimum atomic E-state index is -0.748. The second-order valence-electron chi connectivity index (χ2n) is 5.15. The molecule has 1 heterocycles. The highest BCUT2D eigenvalue weighted by atomic mass is 16.2. The van der Waals surface area contributed by atoms with Crippen LogP contribution in [0.25, 0.3) is 0 Å². The second kappa shape index (κ2) is 4.13. The maximum atomic E-state index is 11.9. The summed E-state index contributed by atoms with van der Waals surface area (Å²) < 4.78 is 0. The van der Waals surface area contributed by atoms with Crippen LogP contribution in [0, 0.1) is 11.3 Å². The van der Waals surface area contributed by atoms with E-state index in [-0.39, 0.29) is 11.3 Å². The normalized spacial score (nSPS) is 27.8. The van der Waals surface area contributed by atoms with E-state index in [4.69, 9.17) is 0 Å². The van der Waals surface area contributed by atoms with E-state index in [9.17, 15) is 14.4 Å². The lowest BCUT2D eigenvalue weighted by molar-refractivity contribution is -0.143. The van der Waals surface area contributed by atoms with Gasteiger partial charge < -0.3 is 0 Å². The van der Waals surface area contributed by atoms with Gasteiger partial charge in [-0.05, 0) is 31.6 Å². The van der Waals surface area contributed by atoms with Crippen LogP contribution in [0.3, 0.4) is 0 Å². The topological polar surface area (TPSA) is 66.5 Å². The van der Waals surface area contributed by atoms with E-state index in [0.717, 1.165) is 25.7 Å². The highest BCUT2D eigenvalue weighted by molar-refractivity contribution is 6.15. The largest absolute Gasteiger partial charge is 0.330 e. The van der Waals surface area contributed by atoms with Crippen LogP contribution in [0.1, 0.15) is 39.5 Å². The molecule has 0 bridgehead atoms. The first-order valence-corrected chi connectivity index (χ1v) is 6.15. The predicted octanol–water partition coefficient (Wildman–Crippen LogP) is 1.28. The molecule has 5 heteroatoms. The molecule has 4 amide bonds. The Bertz CT molecular complexity index is 368. The Hall–Kier alpha value is -1.39. The van der Waals surface area contributed by atoms with Gasteiger partial charge in [-0.1, -0.05) is 13.3 Å². The monoisotopic (exact) mass is 238 g/mol.